The van der Waals surface area contributed by atoms with Gasteiger partial charge in [-0.2, -0.15) is 10.4 Å². The Kier molecular flexibility index (Phi) is 9.02. The third kappa shape index (κ3) is 6.84. The summed E-state index contributed by atoms with van der Waals surface area (Å²) < 4.78 is 8.27. The van der Waals surface area contributed by atoms with Crippen molar-refractivity contribution in [1.82, 2.24) is 15.1 Å². The van der Waals surface area contributed by atoms with E-state index >= 15 is 0 Å². The number of carboxylic acids is 1. The maximum atomic E-state index is 12.4. The highest BCUT2D eigenvalue weighted by atomic mass is 16.5. The number of nitriles is 1. The van der Waals surface area contributed by atoms with E-state index in [1.165, 1.54) is 6.42 Å². The fraction of sp³-hybridized carbons (Fsp3) is 0.257. The number of benzene rings is 3. The van der Waals surface area contributed by atoms with Gasteiger partial charge in [0.15, 0.2) is 0 Å². The first-order valence-corrected chi connectivity index (χ1v) is 14.5. The fourth-order valence-electron chi connectivity index (χ4n) is 5.47. The van der Waals surface area contributed by atoms with Gasteiger partial charge >= 0.3 is 5.97 Å². The molecule has 8 heteroatoms. The highest BCUT2D eigenvalue weighted by Gasteiger charge is 2.21. The van der Waals surface area contributed by atoms with Crippen LogP contribution in [-0.4, -0.2) is 33.8 Å². The van der Waals surface area contributed by atoms with Gasteiger partial charge in [0.05, 0.1) is 29.1 Å². The third-order valence-electron chi connectivity index (χ3n) is 7.84. The Morgan fingerprint density at radius 3 is 2.37 bits per heavy atom. The second-order valence-electron chi connectivity index (χ2n) is 10.8. The van der Waals surface area contributed by atoms with E-state index in [0.717, 1.165) is 53.6 Å². The molecule has 43 heavy (non-hydrogen) atoms. The van der Waals surface area contributed by atoms with Crippen molar-refractivity contribution in [3.8, 4) is 34.2 Å². The number of carbonyl (C=O) groups is 2. The third-order valence-corrected chi connectivity index (χ3v) is 7.84. The normalized spacial score (nSPS) is 13.7. The van der Waals surface area contributed by atoms with Crippen LogP contribution >= 0.6 is 0 Å². The fourth-order valence-corrected chi connectivity index (χ4v) is 5.47. The molecule has 0 saturated heterocycles. The molecular weight excluding hydrogens is 540 g/mol. The van der Waals surface area contributed by atoms with Crippen molar-refractivity contribution in [1.29, 1.82) is 5.26 Å². The van der Waals surface area contributed by atoms with Crippen LogP contribution in [0.4, 0.5) is 0 Å². The summed E-state index contributed by atoms with van der Waals surface area (Å²) in [5, 5.41) is 26.0. The van der Waals surface area contributed by atoms with Crippen molar-refractivity contribution in [3.05, 3.63) is 101 Å². The smallest absolute Gasteiger partial charge is 0.331 e. The van der Waals surface area contributed by atoms with Crippen LogP contribution in [0.15, 0.2) is 78.4 Å². The zero-order valence-electron chi connectivity index (χ0n) is 24.3. The maximum absolute atomic E-state index is 12.4. The zero-order chi connectivity index (χ0) is 30.3. The number of carbonyl (C=O) groups excluding carboxylic acids is 1. The predicted molar refractivity (Wildman–Crippen MR) is 165 cm³/mol. The second kappa shape index (κ2) is 13.2. The molecule has 0 bridgehead atoms. The number of rotatable bonds is 9. The Morgan fingerprint density at radius 2 is 1.72 bits per heavy atom. The number of carboxylic acid groups (broad SMARTS) is 1. The Hall–Kier alpha value is -5.16. The number of aromatic nitrogens is 2. The Balaban J connectivity index is 1.41. The summed E-state index contributed by atoms with van der Waals surface area (Å²) in [6.07, 6.45) is 7.24. The van der Waals surface area contributed by atoms with E-state index in [0.29, 0.717) is 22.6 Å². The van der Waals surface area contributed by atoms with Gasteiger partial charge in [-0.1, -0.05) is 37.5 Å². The van der Waals surface area contributed by atoms with E-state index in [1.807, 2.05) is 54.6 Å². The van der Waals surface area contributed by atoms with E-state index in [4.69, 9.17) is 9.84 Å². The first-order valence-electron chi connectivity index (χ1n) is 14.5. The number of hydrogen-bond donors (Lipinski definition) is 2. The SMILES string of the molecule is CNC(=O)c1ccc(-c2ccc(C#N)cc2)c(COc2ccc(-c3cc(/C=C(\C)C(=O)O)nn3C3CCCCC3)cc2)c1. The van der Waals surface area contributed by atoms with Crippen LogP contribution in [0.3, 0.4) is 0 Å². The van der Waals surface area contributed by atoms with Crippen LogP contribution in [0.1, 0.15) is 72.2 Å². The molecule has 1 amide bonds. The van der Waals surface area contributed by atoms with Gasteiger partial charge in [-0.05, 0) is 97.1 Å². The first-order chi connectivity index (χ1) is 20.9. The van der Waals surface area contributed by atoms with Crippen molar-refractivity contribution < 1.29 is 19.4 Å². The molecule has 2 N–H and O–H groups in total. The Labute approximate surface area is 251 Å². The van der Waals surface area contributed by atoms with Crippen molar-refractivity contribution in [2.45, 2.75) is 51.7 Å². The Bertz CT molecular complexity index is 1690. The Morgan fingerprint density at radius 1 is 1.02 bits per heavy atom. The summed E-state index contributed by atoms with van der Waals surface area (Å²) in [4.78, 5) is 23.8. The van der Waals surface area contributed by atoms with Crippen LogP contribution < -0.4 is 10.1 Å². The van der Waals surface area contributed by atoms with Crippen molar-refractivity contribution in [2.24, 2.45) is 0 Å². The standard InChI is InChI=1S/C35H34N4O4/c1-23(35(41)42)18-29-20-33(39(38-29)30-6-4-3-5-7-30)26-12-15-31(16-13-26)43-22-28-19-27(34(40)37-2)14-17-32(28)25-10-8-24(21-36)9-11-25/h8-20,30H,3-7,22H2,1-2H3,(H,37,40)(H,41,42)/b23-18+. The lowest BCUT2D eigenvalue weighted by molar-refractivity contribution is -0.132. The lowest BCUT2D eigenvalue weighted by Gasteiger charge is -2.24. The van der Waals surface area contributed by atoms with Crippen LogP contribution in [0.5, 0.6) is 5.75 Å². The minimum atomic E-state index is -0.960. The van der Waals surface area contributed by atoms with E-state index in [-0.39, 0.29) is 24.1 Å². The van der Waals surface area contributed by atoms with Crippen LogP contribution in [-0.2, 0) is 11.4 Å². The lowest BCUT2D eigenvalue weighted by atomic mass is 9.95. The van der Waals surface area contributed by atoms with Crippen LogP contribution in [0.25, 0.3) is 28.5 Å². The molecule has 3 aromatic carbocycles. The highest BCUT2D eigenvalue weighted by molar-refractivity contribution is 5.95. The largest absolute Gasteiger partial charge is 0.489 e. The summed E-state index contributed by atoms with van der Waals surface area (Å²) in [7, 11) is 1.60. The monoisotopic (exact) mass is 574 g/mol. The molecule has 4 aromatic rings. The van der Waals surface area contributed by atoms with Crippen molar-refractivity contribution in [3.63, 3.8) is 0 Å². The molecule has 0 atom stereocenters. The molecule has 1 fully saturated rings. The quantitative estimate of drug-likeness (QED) is 0.208. The molecule has 1 aromatic heterocycles. The average Bonchev–Trinajstić information content (AvgIpc) is 3.47. The van der Waals surface area contributed by atoms with Gasteiger partial charge in [-0.3, -0.25) is 9.48 Å². The van der Waals surface area contributed by atoms with Crippen molar-refractivity contribution >= 4 is 18.0 Å². The second-order valence-corrected chi connectivity index (χ2v) is 10.8. The van der Waals surface area contributed by atoms with Gasteiger partial charge < -0.3 is 15.2 Å². The molecule has 1 aliphatic carbocycles. The minimum Gasteiger partial charge on any atom is -0.489 e. The first kappa shape index (κ1) is 29.3. The molecule has 1 heterocycles. The maximum Gasteiger partial charge on any atom is 0.331 e. The van der Waals surface area contributed by atoms with Gasteiger partial charge in [-0.25, -0.2) is 4.79 Å². The minimum absolute atomic E-state index is 0.181. The highest BCUT2D eigenvalue weighted by Crippen LogP contribution is 2.34. The number of aliphatic carboxylic acids is 1. The van der Waals surface area contributed by atoms with Gasteiger partial charge in [0.25, 0.3) is 5.91 Å². The molecule has 5 rings (SSSR count). The number of nitrogens with one attached hydrogen (secondary N) is 1. The molecule has 0 aliphatic heterocycles. The predicted octanol–water partition coefficient (Wildman–Crippen LogP) is 7.02. The average molecular weight is 575 g/mol. The topological polar surface area (TPSA) is 117 Å². The lowest BCUT2D eigenvalue weighted by Crippen LogP contribution is -2.18. The molecule has 218 valence electrons. The number of ether oxygens (including phenoxy) is 1. The van der Waals surface area contributed by atoms with Gasteiger partial charge in [0.2, 0.25) is 0 Å². The molecule has 0 spiro atoms. The molecular formula is C35H34N4O4. The van der Waals surface area contributed by atoms with Gasteiger partial charge in [0.1, 0.15) is 12.4 Å². The number of amides is 1. The molecule has 8 nitrogen and oxygen atoms in total. The van der Waals surface area contributed by atoms with E-state index in [2.05, 4.69) is 16.1 Å². The summed E-state index contributed by atoms with van der Waals surface area (Å²) in [6.45, 7) is 1.81. The van der Waals surface area contributed by atoms with E-state index in [9.17, 15) is 20.0 Å². The molecule has 1 saturated carbocycles. The van der Waals surface area contributed by atoms with E-state index in [1.54, 1.807) is 38.2 Å². The number of hydrogen-bond acceptors (Lipinski definition) is 5. The van der Waals surface area contributed by atoms with Gasteiger partial charge in [-0.15, -0.1) is 0 Å². The zero-order valence-corrected chi connectivity index (χ0v) is 24.3. The van der Waals surface area contributed by atoms with Crippen LogP contribution in [0, 0.1) is 11.3 Å². The molecule has 1 aliphatic rings. The summed E-state index contributed by atoms with van der Waals surface area (Å²) in [5.74, 6) is -0.469. The van der Waals surface area contributed by atoms with Crippen molar-refractivity contribution in [2.75, 3.05) is 7.05 Å². The molecule has 0 radical (unpaired) electrons. The molecule has 0 unspecified atom stereocenters. The van der Waals surface area contributed by atoms with Crippen LogP contribution in [0.2, 0.25) is 0 Å². The number of nitrogens with zero attached hydrogens (tertiary/aromatic N) is 3. The van der Waals surface area contributed by atoms with Gasteiger partial charge in [0, 0.05) is 23.7 Å². The summed E-state index contributed by atoms with van der Waals surface area (Å²) >= 11 is 0. The van der Waals surface area contributed by atoms with E-state index < -0.39 is 5.97 Å². The summed E-state index contributed by atoms with van der Waals surface area (Å²) in [5.41, 5.74) is 6.59. The summed E-state index contributed by atoms with van der Waals surface area (Å²) in [6, 6.07) is 25.0.